The average molecular weight is 196 g/mol. The fourth-order valence-electron chi connectivity index (χ4n) is 1.07. The molecule has 0 aliphatic rings. The van der Waals surface area contributed by atoms with Crippen LogP contribution in [0, 0.1) is 6.92 Å². The maximum Gasteiger partial charge on any atom is 0.0941 e. The highest BCUT2D eigenvalue weighted by Gasteiger charge is 1.98. The lowest BCUT2D eigenvalue weighted by atomic mass is 10.3. The number of thiophene rings is 1. The summed E-state index contributed by atoms with van der Waals surface area (Å²) in [6, 6.07) is 2.12. The van der Waals surface area contributed by atoms with E-state index in [1.807, 2.05) is 0 Å². The van der Waals surface area contributed by atoms with Gasteiger partial charge in [0.1, 0.15) is 0 Å². The number of hydrogen-bond donors (Lipinski definition) is 1. The molecule has 1 rings (SSSR count). The van der Waals surface area contributed by atoms with E-state index in [-0.39, 0.29) is 0 Å². The predicted octanol–water partition coefficient (Wildman–Crippen LogP) is 2.71. The summed E-state index contributed by atoms with van der Waals surface area (Å²) in [6.45, 7) is 4.96. The van der Waals surface area contributed by atoms with Gasteiger partial charge in [-0.25, -0.2) is 0 Å². The maximum absolute atomic E-state index is 5.71. The quantitative estimate of drug-likeness (QED) is 0.583. The Balaban J connectivity index is 2.51. The molecule has 1 aromatic heterocycles. The number of rotatable bonds is 4. The van der Waals surface area contributed by atoms with E-state index in [1.165, 1.54) is 10.4 Å². The van der Waals surface area contributed by atoms with Crippen molar-refractivity contribution in [3.8, 4) is 0 Å². The van der Waals surface area contributed by atoms with Crippen molar-refractivity contribution in [2.24, 2.45) is 10.7 Å². The molecule has 0 saturated carbocycles. The van der Waals surface area contributed by atoms with Gasteiger partial charge < -0.3 is 5.73 Å². The van der Waals surface area contributed by atoms with Crippen LogP contribution in [0.5, 0.6) is 0 Å². The summed E-state index contributed by atoms with van der Waals surface area (Å²) in [7, 11) is 0. The summed E-state index contributed by atoms with van der Waals surface area (Å²) < 4.78 is 0. The smallest absolute Gasteiger partial charge is 0.0941 e. The Kier molecular flexibility index (Phi) is 3.96. The molecule has 0 bridgehead atoms. The summed E-state index contributed by atoms with van der Waals surface area (Å²) in [5.41, 5.74) is 7.02. The van der Waals surface area contributed by atoms with Crippen LogP contribution in [0.2, 0.25) is 0 Å². The number of amidine groups is 1. The second-order valence-electron chi connectivity index (χ2n) is 3.08. The molecule has 0 amide bonds. The lowest BCUT2D eigenvalue weighted by Gasteiger charge is -1.97. The summed E-state index contributed by atoms with van der Waals surface area (Å²) in [5.74, 6) is 0.773. The molecule has 0 saturated heterocycles. The van der Waals surface area contributed by atoms with Crippen LogP contribution < -0.4 is 5.73 Å². The molecule has 2 N–H and O–H groups in total. The molecule has 0 radical (unpaired) electrons. The molecule has 0 unspecified atom stereocenters. The van der Waals surface area contributed by atoms with Crippen LogP contribution in [0.15, 0.2) is 16.4 Å². The van der Waals surface area contributed by atoms with Gasteiger partial charge in [-0.15, -0.1) is 11.3 Å². The highest BCUT2D eigenvalue weighted by atomic mass is 32.1. The van der Waals surface area contributed by atoms with Gasteiger partial charge in [0.05, 0.1) is 12.4 Å². The van der Waals surface area contributed by atoms with Crippen LogP contribution in [-0.2, 0) is 6.54 Å². The van der Waals surface area contributed by atoms with E-state index < -0.39 is 0 Å². The van der Waals surface area contributed by atoms with Gasteiger partial charge in [-0.1, -0.05) is 6.92 Å². The molecular weight excluding hydrogens is 180 g/mol. The van der Waals surface area contributed by atoms with Gasteiger partial charge in [0.25, 0.3) is 0 Å². The summed E-state index contributed by atoms with van der Waals surface area (Å²) in [6.07, 6.45) is 1.98. The van der Waals surface area contributed by atoms with Crippen LogP contribution in [-0.4, -0.2) is 5.84 Å². The van der Waals surface area contributed by atoms with Gasteiger partial charge in [0, 0.05) is 11.3 Å². The van der Waals surface area contributed by atoms with E-state index >= 15 is 0 Å². The van der Waals surface area contributed by atoms with Crippen LogP contribution in [0.25, 0.3) is 0 Å². The maximum atomic E-state index is 5.71. The van der Waals surface area contributed by atoms with Crippen molar-refractivity contribution in [1.29, 1.82) is 0 Å². The molecule has 2 nitrogen and oxygen atoms in total. The van der Waals surface area contributed by atoms with E-state index in [9.17, 15) is 0 Å². The van der Waals surface area contributed by atoms with Crippen molar-refractivity contribution >= 4 is 17.2 Å². The van der Waals surface area contributed by atoms with Gasteiger partial charge in [-0.3, -0.25) is 4.99 Å². The first-order chi connectivity index (χ1) is 6.24. The fourth-order valence-corrected chi connectivity index (χ4v) is 1.90. The van der Waals surface area contributed by atoms with Gasteiger partial charge in [0.2, 0.25) is 0 Å². The third-order valence-electron chi connectivity index (χ3n) is 1.90. The number of aliphatic imine (C=N–C) groups is 1. The Hall–Kier alpha value is -0.830. The SMILES string of the molecule is CCCC(N)=NCc1sccc1C. The van der Waals surface area contributed by atoms with E-state index in [4.69, 9.17) is 5.73 Å². The summed E-state index contributed by atoms with van der Waals surface area (Å²) >= 11 is 1.75. The monoisotopic (exact) mass is 196 g/mol. The Labute approximate surface area is 83.5 Å². The lowest BCUT2D eigenvalue weighted by Crippen LogP contribution is -2.10. The van der Waals surface area contributed by atoms with Gasteiger partial charge >= 0.3 is 0 Å². The van der Waals surface area contributed by atoms with E-state index in [2.05, 4.69) is 30.3 Å². The highest BCUT2D eigenvalue weighted by molar-refractivity contribution is 7.10. The first-order valence-electron chi connectivity index (χ1n) is 4.55. The van der Waals surface area contributed by atoms with E-state index in [1.54, 1.807) is 11.3 Å². The lowest BCUT2D eigenvalue weighted by molar-refractivity contribution is 0.957. The average Bonchev–Trinajstić information content (AvgIpc) is 2.48. The van der Waals surface area contributed by atoms with Crippen molar-refractivity contribution in [3.63, 3.8) is 0 Å². The van der Waals surface area contributed by atoms with Crippen molar-refractivity contribution in [3.05, 3.63) is 21.9 Å². The highest BCUT2D eigenvalue weighted by Crippen LogP contribution is 2.16. The molecule has 3 heteroatoms. The first-order valence-corrected chi connectivity index (χ1v) is 5.43. The fraction of sp³-hybridized carbons (Fsp3) is 0.500. The van der Waals surface area contributed by atoms with Crippen LogP contribution in [0.4, 0.5) is 0 Å². The molecule has 13 heavy (non-hydrogen) atoms. The Morgan fingerprint density at radius 3 is 2.92 bits per heavy atom. The van der Waals surface area contributed by atoms with Crippen LogP contribution in [0.3, 0.4) is 0 Å². The topological polar surface area (TPSA) is 38.4 Å². The van der Waals surface area contributed by atoms with Gasteiger partial charge in [0.15, 0.2) is 0 Å². The predicted molar refractivity (Wildman–Crippen MR) is 59.3 cm³/mol. The van der Waals surface area contributed by atoms with Gasteiger partial charge in [-0.2, -0.15) is 0 Å². The van der Waals surface area contributed by atoms with Gasteiger partial charge in [-0.05, 0) is 30.4 Å². The molecule has 0 spiro atoms. The first kappa shape index (κ1) is 10.3. The summed E-state index contributed by atoms with van der Waals surface area (Å²) in [4.78, 5) is 5.64. The molecule has 0 aromatic carbocycles. The third-order valence-corrected chi connectivity index (χ3v) is 2.91. The molecular formula is C10H16N2S. The standard InChI is InChI=1S/C10H16N2S/c1-3-4-10(11)12-7-9-8(2)5-6-13-9/h5-6H,3-4,7H2,1-2H3,(H2,11,12). The Morgan fingerprint density at radius 2 is 2.38 bits per heavy atom. The molecule has 1 heterocycles. The number of aryl methyl sites for hydroxylation is 1. The molecule has 0 aliphatic heterocycles. The number of nitrogens with two attached hydrogens (primary N) is 1. The molecule has 0 fully saturated rings. The number of hydrogen-bond acceptors (Lipinski definition) is 2. The van der Waals surface area contributed by atoms with Crippen molar-refractivity contribution in [1.82, 2.24) is 0 Å². The Bertz CT molecular complexity index is 289. The van der Waals surface area contributed by atoms with Crippen molar-refractivity contribution < 1.29 is 0 Å². The normalized spacial score (nSPS) is 12.0. The molecule has 0 aliphatic carbocycles. The van der Waals surface area contributed by atoms with Crippen molar-refractivity contribution in [2.45, 2.75) is 33.2 Å². The zero-order chi connectivity index (χ0) is 9.68. The Morgan fingerprint density at radius 1 is 1.62 bits per heavy atom. The van der Waals surface area contributed by atoms with E-state index in [0.29, 0.717) is 0 Å². The minimum atomic E-state index is 0.745. The second-order valence-corrected chi connectivity index (χ2v) is 4.09. The molecule has 0 atom stereocenters. The zero-order valence-corrected chi connectivity index (χ0v) is 9.03. The third kappa shape index (κ3) is 3.19. The second kappa shape index (κ2) is 5.02. The van der Waals surface area contributed by atoms with Crippen LogP contribution >= 0.6 is 11.3 Å². The largest absolute Gasteiger partial charge is 0.387 e. The van der Waals surface area contributed by atoms with Crippen LogP contribution in [0.1, 0.15) is 30.2 Å². The summed E-state index contributed by atoms with van der Waals surface area (Å²) in [5, 5.41) is 2.09. The molecule has 72 valence electrons. The van der Waals surface area contributed by atoms with Crippen molar-refractivity contribution in [2.75, 3.05) is 0 Å². The van der Waals surface area contributed by atoms with E-state index in [0.717, 1.165) is 25.2 Å². The minimum absolute atomic E-state index is 0.745. The minimum Gasteiger partial charge on any atom is -0.387 e. The number of nitrogens with zero attached hydrogens (tertiary/aromatic N) is 1. The molecule has 1 aromatic rings. The zero-order valence-electron chi connectivity index (χ0n) is 8.21.